The van der Waals surface area contributed by atoms with Gasteiger partial charge in [-0.05, 0) is 36.3 Å². The van der Waals surface area contributed by atoms with Crippen molar-refractivity contribution in [1.82, 2.24) is 0 Å². The summed E-state index contributed by atoms with van der Waals surface area (Å²) in [6, 6.07) is 16.7. The van der Waals surface area contributed by atoms with Gasteiger partial charge in [-0.25, -0.2) is 4.79 Å². The summed E-state index contributed by atoms with van der Waals surface area (Å²) in [5.41, 5.74) is 2.84. The number of benzene rings is 2. The molecule has 0 aliphatic carbocycles. The van der Waals surface area contributed by atoms with Crippen LogP contribution in [0.1, 0.15) is 22.8 Å². The Labute approximate surface area is 172 Å². The predicted molar refractivity (Wildman–Crippen MR) is 115 cm³/mol. The van der Waals surface area contributed by atoms with Crippen molar-refractivity contribution < 1.29 is 14.3 Å². The molecular weight excluding hydrogens is 394 g/mol. The van der Waals surface area contributed by atoms with Crippen molar-refractivity contribution >= 4 is 45.9 Å². The summed E-state index contributed by atoms with van der Waals surface area (Å²) >= 11 is 7.15. The third kappa shape index (κ3) is 4.88. The van der Waals surface area contributed by atoms with Crippen LogP contribution in [0.2, 0.25) is 5.02 Å². The SMILES string of the molecule is CCOC(=O)c1c(-c2ccccc2)csc1NC(=O)C=Cc1ccc(Cl)cc1. The summed E-state index contributed by atoms with van der Waals surface area (Å²) in [5.74, 6) is -0.790. The van der Waals surface area contributed by atoms with Crippen molar-refractivity contribution in [2.75, 3.05) is 11.9 Å². The number of hydrogen-bond acceptors (Lipinski definition) is 4. The molecule has 4 nitrogen and oxygen atoms in total. The summed E-state index contributed by atoms with van der Waals surface area (Å²) in [6.07, 6.45) is 3.10. The molecule has 0 radical (unpaired) electrons. The molecule has 3 rings (SSSR count). The van der Waals surface area contributed by atoms with Crippen LogP contribution in [0.15, 0.2) is 66.1 Å². The van der Waals surface area contributed by atoms with Crippen molar-refractivity contribution in [3.8, 4) is 11.1 Å². The van der Waals surface area contributed by atoms with Crippen LogP contribution in [0.25, 0.3) is 17.2 Å². The molecule has 0 fully saturated rings. The maximum atomic E-state index is 12.5. The first-order valence-corrected chi connectivity index (χ1v) is 9.93. The molecule has 6 heteroatoms. The van der Waals surface area contributed by atoms with E-state index < -0.39 is 5.97 Å². The van der Waals surface area contributed by atoms with E-state index >= 15 is 0 Å². The van der Waals surface area contributed by atoms with Gasteiger partial charge in [0, 0.05) is 22.0 Å². The maximum Gasteiger partial charge on any atom is 0.341 e. The van der Waals surface area contributed by atoms with Crippen LogP contribution in [0.3, 0.4) is 0 Å². The molecular formula is C22H18ClNO3S. The van der Waals surface area contributed by atoms with Gasteiger partial charge in [-0.3, -0.25) is 4.79 Å². The minimum absolute atomic E-state index is 0.257. The highest BCUT2D eigenvalue weighted by Crippen LogP contribution is 2.36. The molecule has 142 valence electrons. The van der Waals surface area contributed by atoms with E-state index in [1.54, 1.807) is 25.1 Å². The first kappa shape index (κ1) is 19.9. The highest BCUT2D eigenvalue weighted by atomic mass is 35.5. The van der Waals surface area contributed by atoms with E-state index in [2.05, 4.69) is 5.32 Å². The van der Waals surface area contributed by atoms with Crippen molar-refractivity contribution in [3.05, 3.63) is 82.2 Å². The van der Waals surface area contributed by atoms with Gasteiger partial charge in [0.15, 0.2) is 0 Å². The van der Waals surface area contributed by atoms with E-state index in [1.807, 2.05) is 47.8 Å². The lowest BCUT2D eigenvalue weighted by Gasteiger charge is -2.08. The van der Waals surface area contributed by atoms with Gasteiger partial charge in [0.1, 0.15) is 10.6 Å². The summed E-state index contributed by atoms with van der Waals surface area (Å²) in [5, 5.41) is 5.73. The molecule has 0 bridgehead atoms. The number of hydrogen-bond donors (Lipinski definition) is 1. The quantitative estimate of drug-likeness (QED) is 0.406. The standard InChI is InChI=1S/C22H18ClNO3S/c1-2-27-22(26)20-18(16-6-4-3-5-7-16)14-28-21(20)24-19(25)13-10-15-8-11-17(23)12-9-15/h3-14H,2H2,1H3,(H,24,25). The first-order valence-electron chi connectivity index (χ1n) is 8.67. The second-order valence-electron chi connectivity index (χ2n) is 5.81. The Morgan fingerprint density at radius 3 is 2.50 bits per heavy atom. The Morgan fingerprint density at radius 2 is 1.82 bits per heavy atom. The Hall–Kier alpha value is -2.89. The van der Waals surface area contributed by atoms with Gasteiger partial charge in [0.05, 0.1) is 6.61 Å². The number of esters is 1. The number of carbonyl (C=O) groups is 2. The van der Waals surface area contributed by atoms with E-state index in [9.17, 15) is 9.59 Å². The largest absolute Gasteiger partial charge is 0.462 e. The second kappa shape index (κ2) is 9.35. The van der Waals surface area contributed by atoms with E-state index in [4.69, 9.17) is 16.3 Å². The van der Waals surface area contributed by atoms with Gasteiger partial charge >= 0.3 is 5.97 Å². The van der Waals surface area contributed by atoms with Crippen LogP contribution in [0, 0.1) is 0 Å². The van der Waals surface area contributed by atoms with E-state index in [0.717, 1.165) is 16.7 Å². The Kier molecular flexibility index (Phi) is 6.63. The lowest BCUT2D eigenvalue weighted by molar-refractivity contribution is -0.111. The molecule has 3 aromatic rings. The Balaban J connectivity index is 1.84. The van der Waals surface area contributed by atoms with E-state index in [0.29, 0.717) is 15.6 Å². The van der Waals surface area contributed by atoms with Crippen LogP contribution < -0.4 is 5.32 Å². The molecule has 0 aliphatic heterocycles. The minimum Gasteiger partial charge on any atom is -0.462 e. The zero-order valence-corrected chi connectivity index (χ0v) is 16.7. The molecule has 0 atom stereocenters. The molecule has 0 saturated heterocycles. The summed E-state index contributed by atoms with van der Waals surface area (Å²) < 4.78 is 5.20. The van der Waals surface area contributed by atoms with Gasteiger partial charge in [0.2, 0.25) is 5.91 Å². The van der Waals surface area contributed by atoms with Crippen LogP contribution in [-0.2, 0) is 9.53 Å². The average Bonchev–Trinajstić information content (AvgIpc) is 3.12. The number of carbonyl (C=O) groups excluding carboxylic acids is 2. The van der Waals surface area contributed by atoms with Gasteiger partial charge in [0.25, 0.3) is 0 Å². The molecule has 0 spiro atoms. The second-order valence-corrected chi connectivity index (χ2v) is 7.13. The van der Waals surface area contributed by atoms with Crippen molar-refractivity contribution in [2.45, 2.75) is 6.92 Å². The summed E-state index contributed by atoms with van der Waals surface area (Å²) in [6.45, 7) is 2.01. The lowest BCUT2D eigenvalue weighted by atomic mass is 10.0. The minimum atomic E-state index is -0.459. The molecule has 1 N–H and O–H groups in total. The van der Waals surface area contributed by atoms with Crippen molar-refractivity contribution in [2.24, 2.45) is 0 Å². The molecule has 0 unspecified atom stereocenters. The van der Waals surface area contributed by atoms with Crippen LogP contribution in [0.4, 0.5) is 5.00 Å². The average molecular weight is 412 g/mol. The number of halogens is 1. The fraction of sp³-hybridized carbons (Fsp3) is 0.0909. The third-order valence-corrected chi connectivity index (χ3v) is 5.04. The number of ether oxygens (including phenoxy) is 1. The monoisotopic (exact) mass is 411 g/mol. The van der Waals surface area contributed by atoms with Gasteiger partial charge < -0.3 is 10.1 Å². The molecule has 0 aliphatic rings. The fourth-order valence-corrected chi connectivity index (χ4v) is 3.67. The maximum absolute atomic E-state index is 12.5. The number of thiophene rings is 1. The molecule has 0 saturated carbocycles. The first-order chi connectivity index (χ1) is 13.6. The number of anilines is 1. The van der Waals surface area contributed by atoms with Crippen LogP contribution >= 0.6 is 22.9 Å². The third-order valence-electron chi connectivity index (χ3n) is 3.89. The molecule has 2 aromatic carbocycles. The van der Waals surface area contributed by atoms with Gasteiger partial charge in [-0.15, -0.1) is 11.3 Å². The number of rotatable bonds is 6. The highest BCUT2D eigenvalue weighted by Gasteiger charge is 2.22. The summed E-state index contributed by atoms with van der Waals surface area (Å²) in [4.78, 5) is 24.9. The molecule has 1 aromatic heterocycles. The molecule has 1 amide bonds. The zero-order chi connectivity index (χ0) is 19.9. The molecule has 28 heavy (non-hydrogen) atoms. The highest BCUT2D eigenvalue weighted by molar-refractivity contribution is 7.15. The van der Waals surface area contributed by atoms with E-state index in [-0.39, 0.29) is 12.5 Å². The number of nitrogens with one attached hydrogen (secondary N) is 1. The lowest BCUT2D eigenvalue weighted by Crippen LogP contribution is -2.12. The zero-order valence-electron chi connectivity index (χ0n) is 15.1. The summed E-state index contributed by atoms with van der Waals surface area (Å²) in [7, 11) is 0. The predicted octanol–water partition coefficient (Wildman–Crippen LogP) is 5.90. The van der Waals surface area contributed by atoms with Gasteiger partial charge in [-0.2, -0.15) is 0 Å². The van der Waals surface area contributed by atoms with Gasteiger partial charge in [-0.1, -0.05) is 54.1 Å². The normalized spacial score (nSPS) is 10.8. The Morgan fingerprint density at radius 1 is 1.11 bits per heavy atom. The van der Waals surface area contributed by atoms with Crippen molar-refractivity contribution in [1.29, 1.82) is 0 Å². The van der Waals surface area contributed by atoms with Crippen molar-refractivity contribution in [3.63, 3.8) is 0 Å². The smallest absolute Gasteiger partial charge is 0.341 e. The number of amides is 1. The topological polar surface area (TPSA) is 55.4 Å². The van der Waals surface area contributed by atoms with E-state index in [1.165, 1.54) is 17.4 Å². The molecule has 1 heterocycles. The van der Waals surface area contributed by atoms with Crippen LogP contribution in [0.5, 0.6) is 0 Å². The van der Waals surface area contributed by atoms with Crippen LogP contribution in [-0.4, -0.2) is 18.5 Å². The fourth-order valence-electron chi connectivity index (χ4n) is 2.59. The Bertz CT molecular complexity index is 994.